The molecule has 0 aliphatic carbocycles. The van der Waals surface area contributed by atoms with E-state index in [1.54, 1.807) is 12.1 Å². The van der Waals surface area contributed by atoms with Crippen molar-refractivity contribution in [3.8, 4) is 11.4 Å². The number of carbonyl (C=O) groups is 1. The molecule has 0 saturated carbocycles. The Labute approximate surface area is 182 Å². The fraction of sp³-hybridized carbons (Fsp3) is 0.375. The topological polar surface area (TPSA) is 59.2 Å². The smallest absolute Gasteiger partial charge is 0.253 e. The molecule has 1 aliphatic heterocycles. The Kier molecular flexibility index (Phi) is 5.65. The summed E-state index contributed by atoms with van der Waals surface area (Å²) in [7, 11) is 0. The summed E-state index contributed by atoms with van der Waals surface area (Å²) in [4.78, 5) is 19.5. The van der Waals surface area contributed by atoms with Crippen LogP contribution in [0.1, 0.15) is 61.3 Å². The third kappa shape index (κ3) is 4.41. The molecule has 0 radical (unpaired) electrons. The number of piperidine rings is 1. The van der Waals surface area contributed by atoms with E-state index in [2.05, 4.69) is 30.9 Å². The maximum absolute atomic E-state index is 13.0. The van der Waals surface area contributed by atoms with Crippen LogP contribution in [0.3, 0.4) is 0 Å². The van der Waals surface area contributed by atoms with Crippen LogP contribution < -0.4 is 0 Å². The highest BCUT2D eigenvalue weighted by atomic mass is 35.5. The minimum Gasteiger partial charge on any atom is -0.339 e. The van der Waals surface area contributed by atoms with E-state index in [1.165, 1.54) is 5.56 Å². The molecule has 0 N–H and O–H groups in total. The Balaban J connectivity index is 1.47. The van der Waals surface area contributed by atoms with Gasteiger partial charge in [-0.15, -0.1) is 0 Å². The van der Waals surface area contributed by atoms with Gasteiger partial charge in [0.25, 0.3) is 5.91 Å². The lowest BCUT2D eigenvalue weighted by Crippen LogP contribution is -2.39. The molecule has 1 saturated heterocycles. The minimum absolute atomic E-state index is 0.0464. The SMILES string of the molecule is CC(C)(C)c1ccc(C(=O)N2CCCC(c3nc(-c4ccc(Cl)cc4)no3)C2)cc1. The van der Waals surface area contributed by atoms with E-state index in [-0.39, 0.29) is 17.2 Å². The zero-order valence-corrected chi connectivity index (χ0v) is 18.3. The second-order valence-electron chi connectivity index (χ2n) is 8.88. The first-order valence-corrected chi connectivity index (χ1v) is 10.7. The Hall–Kier alpha value is -2.66. The Morgan fingerprint density at radius 2 is 1.80 bits per heavy atom. The van der Waals surface area contributed by atoms with Crippen molar-refractivity contribution in [2.24, 2.45) is 0 Å². The highest BCUT2D eigenvalue weighted by molar-refractivity contribution is 6.30. The standard InChI is InChI=1S/C24H26ClN3O2/c1-24(2,3)19-10-6-17(7-11-19)23(29)28-14-4-5-18(15-28)22-26-21(27-30-22)16-8-12-20(25)13-9-16/h6-13,18H,4-5,14-15H2,1-3H3. The van der Waals surface area contributed by atoms with Crippen LogP contribution in [-0.2, 0) is 5.41 Å². The maximum Gasteiger partial charge on any atom is 0.253 e. The van der Waals surface area contributed by atoms with Gasteiger partial charge in [-0.2, -0.15) is 4.98 Å². The Morgan fingerprint density at radius 1 is 1.10 bits per heavy atom. The molecule has 3 aromatic rings. The monoisotopic (exact) mass is 423 g/mol. The van der Waals surface area contributed by atoms with Crippen LogP contribution in [0.5, 0.6) is 0 Å². The van der Waals surface area contributed by atoms with Crippen LogP contribution in [0.15, 0.2) is 53.1 Å². The van der Waals surface area contributed by atoms with Gasteiger partial charge in [0, 0.05) is 29.2 Å². The lowest BCUT2D eigenvalue weighted by molar-refractivity contribution is 0.0695. The molecular weight excluding hydrogens is 398 g/mol. The van der Waals surface area contributed by atoms with E-state index in [0.29, 0.717) is 23.3 Å². The number of likely N-dealkylation sites (tertiary alicyclic amines) is 1. The first-order valence-electron chi connectivity index (χ1n) is 10.3. The van der Waals surface area contributed by atoms with Gasteiger partial charge in [0.05, 0.1) is 5.92 Å². The number of hydrogen-bond donors (Lipinski definition) is 0. The first kappa shape index (κ1) is 20.6. The summed E-state index contributed by atoms with van der Waals surface area (Å²) < 4.78 is 5.54. The van der Waals surface area contributed by atoms with E-state index >= 15 is 0 Å². The lowest BCUT2D eigenvalue weighted by atomic mass is 9.86. The van der Waals surface area contributed by atoms with Crippen LogP contribution in [0.25, 0.3) is 11.4 Å². The molecule has 1 aliphatic rings. The molecule has 30 heavy (non-hydrogen) atoms. The van der Waals surface area contributed by atoms with E-state index in [9.17, 15) is 4.79 Å². The molecule has 1 amide bonds. The minimum atomic E-state index is 0.0464. The van der Waals surface area contributed by atoms with Crippen LogP contribution in [0.4, 0.5) is 0 Å². The van der Waals surface area contributed by atoms with Gasteiger partial charge in [-0.25, -0.2) is 0 Å². The molecule has 156 valence electrons. The van der Waals surface area contributed by atoms with Gasteiger partial charge < -0.3 is 9.42 Å². The molecule has 2 heterocycles. The van der Waals surface area contributed by atoms with Gasteiger partial charge in [-0.05, 0) is 60.2 Å². The summed E-state index contributed by atoms with van der Waals surface area (Å²) in [5.41, 5.74) is 2.86. The summed E-state index contributed by atoms with van der Waals surface area (Å²) in [5.74, 6) is 1.23. The molecular formula is C24H26ClN3O2. The van der Waals surface area contributed by atoms with Crippen molar-refractivity contribution < 1.29 is 9.32 Å². The fourth-order valence-corrected chi connectivity index (χ4v) is 3.90. The zero-order chi connectivity index (χ0) is 21.3. The number of aromatic nitrogens is 2. The van der Waals surface area contributed by atoms with E-state index in [4.69, 9.17) is 16.1 Å². The zero-order valence-electron chi connectivity index (χ0n) is 17.6. The van der Waals surface area contributed by atoms with Gasteiger partial charge in [0.1, 0.15) is 0 Å². The van der Waals surface area contributed by atoms with Crippen LogP contribution >= 0.6 is 11.6 Å². The summed E-state index contributed by atoms with van der Waals surface area (Å²) in [6.45, 7) is 7.84. The number of amides is 1. The van der Waals surface area contributed by atoms with Crippen molar-refractivity contribution in [1.82, 2.24) is 15.0 Å². The molecule has 0 spiro atoms. The average Bonchev–Trinajstić information content (AvgIpc) is 3.24. The molecule has 6 heteroatoms. The van der Waals surface area contributed by atoms with Crippen LogP contribution in [0.2, 0.25) is 5.02 Å². The Bertz CT molecular complexity index is 1020. The predicted molar refractivity (Wildman–Crippen MR) is 118 cm³/mol. The molecule has 2 aromatic carbocycles. The second-order valence-corrected chi connectivity index (χ2v) is 9.32. The van der Waals surface area contributed by atoms with Gasteiger partial charge in [-0.3, -0.25) is 4.79 Å². The van der Waals surface area contributed by atoms with Crippen LogP contribution in [0, 0.1) is 0 Å². The number of hydrogen-bond acceptors (Lipinski definition) is 4. The fourth-order valence-electron chi connectivity index (χ4n) is 3.78. The molecule has 1 atom stereocenters. The highest BCUT2D eigenvalue weighted by Crippen LogP contribution is 2.29. The van der Waals surface area contributed by atoms with Crippen molar-refractivity contribution >= 4 is 17.5 Å². The summed E-state index contributed by atoms with van der Waals surface area (Å²) >= 11 is 5.95. The van der Waals surface area contributed by atoms with Gasteiger partial charge in [0.15, 0.2) is 0 Å². The second kappa shape index (κ2) is 8.23. The number of nitrogens with zero attached hydrogens (tertiary/aromatic N) is 3. The normalized spacial score (nSPS) is 17.2. The molecule has 4 rings (SSSR count). The summed E-state index contributed by atoms with van der Waals surface area (Å²) in [6, 6.07) is 15.3. The maximum atomic E-state index is 13.0. The highest BCUT2D eigenvalue weighted by Gasteiger charge is 2.29. The molecule has 5 nitrogen and oxygen atoms in total. The molecule has 1 unspecified atom stereocenters. The van der Waals surface area contributed by atoms with E-state index in [0.717, 1.165) is 30.5 Å². The third-order valence-corrected chi connectivity index (χ3v) is 5.85. The largest absolute Gasteiger partial charge is 0.339 e. The third-order valence-electron chi connectivity index (χ3n) is 5.60. The van der Waals surface area contributed by atoms with Crippen molar-refractivity contribution in [3.63, 3.8) is 0 Å². The lowest BCUT2D eigenvalue weighted by Gasteiger charge is -2.31. The molecule has 1 fully saturated rings. The Morgan fingerprint density at radius 3 is 2.47 bits per heavy atom. The van der Waals surface area contributed by atoms with Gasteiger partial charge >= 0.3 is 0 Å². The van der Waals surface area contributed by atoms with Crippen molar-refractivity contribution in [2.45, 2.75) is 44.9 Å². The molecule has 1 aromatic heterocycles. The number of halogens is 1. The van der Waals surface area contributed by atoms with E-state index in [1.807, 2.05) is 41.3 Å². The predicted octanol–water partition coefficient (Wildman–Crippen LogP) is 5.71. The summed E-state index contributed by atoms with van der Waals surface area (Å²) in [5, 5.41) is 4.79. The van der Waals surface area contributed by atoms with Gasteiger partial charge in [0.2, 0.25) is 11.7 Å². The van der Waals surface area contributed by atoms with Crippen molar-refractivity contribution in [1.29, 1.82) is 0 Å². The number of benzene rings is 2. The van der Waals surface area contributed by atoms with E-state index < -0.39 is 0 Å². The van der Waals surface area contributed by atoms with Crippen LogP contribution in [-0.4, -0.2) is 34.0 Å². The van der Waals surface area contributed by atoms with Crippen molar-refractivity contribution in [3.05, 3.63) is 70.6 Å². The van der Waals surface area contributed by atoms with Gasteiger partial charge in [-0.1, -0.05) is 49.7 Å². The van der Waals surface area contributed by atoms with Crippen molar-refractivity contribution in [2.75, 3.05) is 13.1 Å². The summed E-state index contributed by atoms with van der Waals surface area (Å²) in [6.07, 6.45) is 1.84. The average molecular weight is 424 g/mol. The first-order chi connectivity index (χ1) is 14.3. The number of carbonyl (C=O) groups excluding carboxylic acids is 1. The number of rotatable bonds is 3. The molecule has 0 bridgehead atoms. The quantitative estimate of drug-likeness (QED) is 0.541.